The molecule has 126 valence electrons. The van der Waals surface area contributed by atoms with E-state index in [0.29, 0.717) is 12.4 Å². The highest BCUT2D eigenvalue weighted by molar-refractivity contribution is 6.32. The summed E-state index contributed by atoms with van der Waals surface area (Å²) >= 11 is 5.73. The van der Waals surface area contributed by atoms with Gasteiger partial charge in [-0.05, 0) is 6.07 Å². The molecular formula is C14H6ClF4N2O3-. The van der Waals surface area contributed by atoms with Crippen LogP contribution in [-0.2, 0) is 6.18 Å². The van der Waals surface area contributed by atoms with Crippen molar-refractivity contribution in [2.45, 2.75) is 6.18 Å². The van der Waals surface area contributed by atoms with Crippen LogP contribution in [0.1, 0.15) is 16.2 Å². The number of rotatable bonds is 4. The molecule has 1 aromatic carbocycles. The van der Waals surface area contributed by atoms with Gasteiger partial charge in [0.15, 0.2) is 5.69 Å². The Morgan fingerprint density at radius 2 is 2.12 bits per heavy atom. The number of carbonyl (C=O) groups is 1. The van der Waals surface area contributed by atoms with E-state index in [-0.39, 0.29) is 21.9 Å². The number of benzene rings is 1. The molecule has 0 bridgehead atoms. The average molecular weight is 362 g/mol. The summed E-state index contributed by atoms with van der Waals surface area (Å²) in [6.07, 6.45) is 0.373. The Kier molecular flexibility index (Phi) is 4.71. The highest BCUT2D eigenvalue weighted by Gasteiger charge is 2.39. The van der Waals surface area contributed by atoms with E-state index in [1.165, 1.54) is 0 Å². The normalized spacial score (nSPS) is 11.2. The maximum absolute atomic E-state index is 14.1. The van der Waals surface area contributed by atoms with Crippen LogP contribution in [0.5, 0.6) is 5.75 Å². The van der Waals surface area contributed by atoms with Gasteiger partial charge in [-0.1, -0.05) is 17.5 Å². The maximum atomic E-state index is 14.1. The lowest BCUT2D eigenvalue weighted by Crippen LogP contribution is -2.27. The Balaban J connectivity index is 2.69. The molecule has 0 atom stereocenters. The van der Waals surface area contributed by atoms with Crippen molar-refractivity contribution in [3.8, 4) is 23.8 Å². The third-order valence-electron chi connectivity index (χ3n) is 2.80. The van der Waals surface area contributed by atoms with Crippen molar-refractivity contribution in [2.75, 3.05) is 6.61 Å². The van der Waals surface area contributed by atoms with Crippen molar-refractivity contribution in [3.05, 3.63) is 40.7 Å². The number of aromatic nitrogens is 2. The van der Waals surface area contributed by atoms with Gasteiger partial charge in [-0.25, -0.2) is 9.37 Å². The lowest BCUT2D eigenvalue weighted by molar-refractivity contribution is -0.256. The lowest BCUT2D eigenvalue weighted by Gasteiger charge is -2.15. The maximum Gasteiger partial charge on any atom is 0.434 e. The minimum Gasteiger partial charge on any atom is -0.543 e. The second-order valence-corrected chi connectivity index (χ2v) is 4.73. The predicted molar refractivity (Wildman–Crippen MR) is 72.2 cm³/mol. The molecular weight excluding hydrogens is 356 g/mol. The number of hydrogen-bond acceptors (Lipinski definition) is 4. The van der Waals surface area contributed by atoms with Crippen molar-refractivity contribution in [3.63, 3.8) is 0 Å². The van der Waals surface area contributed by atoms with Crippen LogP contribution in [0.3, 0.4) is 0 Å². The van der Waals surface area contributed by atoms with Gasteiger partial charge in [-0.15, -0.1) is 6.42 Å². The number of hydrogen-bond donors (Lipinski definition) is 0. The van der Waals surface area contributed by atoms with Crippen LogP contribution >= 0.6 is 11.6 Å². The molecule has 0 saturated carbocycles. The molecule has 0 aliphatic carbocycles. The van der Waals surface area contributed by atoms with E-state index >= 15 is 0 Å². The van der Waals surface area contributed by atoms with Crippen molar-refractivity contribution >= 4 is 17.6 Å². The van der Waals surface area contributed by atoms with Gasteiger partial charge < -0.3 is 14.6 Å². The molecule has 0 amide bonds. The first-order chi connectivity index (χ1) is 11.2. The topological polar surface area (TPSA) is 67.2 Å². The second kappa shape index (κ2) is 6.41. The van der Waals surface area contributed by atoms with E-state index in [1.54, 1.807) is 0 Å². The zero-order valence-corrected chi connectivity index (χ0v) is 12.3. The molecule has 2 rings (SSSR count). The van der Waals surface area contributed by atoms with E-state index in [0.717, 1.165) is 6.07 Å². The van der Waals surface area contributed by atoms with E-state index in [2.05, 4.69) is 10.9 Å². The van der Waals surface area contributed by atoms with Crippen molar-refractivity contribution in [1.82, 2.24) is 9.55 Å². The predicted octanol–water partition coefficient (Wildman–Crippen LogP) is 2.06. The van der Waals surface area contributed by atoms with Gasteiger partial charge >= 0.3 is 6.18 Å². The number of nitrogens with zero attached hydrogens (tertiary/aromatic N) is 2. The SMILES string of the molecule is C#CCOc1cc(-n2cnc(C(=O)[O-])c2C(F)(F)F)c(F)cc1Cl. The highest BCUT2D eigenvalue weighted by Crippen LogP contribution is 2.36. The molecule has 0 aliphatic rings. The quantitative estimate of drug-likeness (QED) is 0.617. The molecule has 1 heterocycles. The number of carbonyl (C=O) groups excluding carboxylic acids is 1. The highest BCUT2D eigenvalue weighted by atomic mass is 35.5. The number of ether oxygens (including phenoxy) is 1. The van der Waals surface area contributed by atoms with E-state index < -0.39 is 35.0 Å². The van der Waals surface area contributed by atoms with Gasteiger partial charge in [0.25, 0.3) is 0 Å². The first kappa shape index (κ1) is 17.6. The van der Waals surface area contributed by atoms with Crippen LogP contribution in [0, 0.1) is 18.2 Å². The molecule has 0 radical (unpaired) electrons. The molecule has 5 nitrogen and oxygen atoms in total. The summed E-state index contributed by atoms with van der Waals surface area (Å²) < 4.78 is 58.7. The summed E-state index contributed by atoms with van der Waals surface area (Å²) in [6.45, 7) is -0.259. The summed E-state index contributed by atoms with van der Waals surface area (Å²) in [5, 5.41) is 10.6. The number of alkyl halides is 3. The van der Waals surface area contributed by atoms with Gasteiger partial charge in [-0.2, -0.15) is 13.2 Å². The molecule has 0 spiro atoms. The number of carboxylic acid groups (broad SMARTS) is 1. The molecule has 0 unspecified atom stereocenters. The third-order valence-corrected chi connectivity index (χ3v) is 3.10. The van der Waals surface area contributed by atoms with Gasteiger partial charge in [-0.3, -0.25) is 4.57 Å². The summed E-state index contributed by atoms with van der Waals surface area (Å²) in [6, 6.07) is 1.56. The van der Waals surface area contributed by atoms with Crippen LogP contribution in [0.25, 0.3) is 5.69 Å². The summed E-state index contributed by atoms with van der Waals surface area (Å²) in [5.41, 5.74) is -3.74. The van der Waals surface area contributed by atoms with Gasteiger partial charge in [0.05, 0.1) is 16.7 Å². The van der Waals surface area contributed by atoms with E-state index in [1.807, 2.05) is 0 Å². The second-order valence-electron chi connectivity index (χ2n) is 4.32. The van der Waals surface area contributed by atoms with Crippen molar-refractivity contribution < 1.29 is 32.2 Å². The lowest BCUT2D eigenvalue weighted by atomic mass is 10.2. The minimum atomic E-state index is -5.13. The number of imidazole rings is 1. The Morgan fingerprint density at radius 1 is 1.46 bits per heavy atom. The fourth-order valence-electron chi connectivity index (χ4n) is 1.88. The fourth-order valence-corrected chi connectivity index (χ4v) is 2.09. The Bertz CT molecular complexity index is 840. The van der Waals surface area contributed by atoms with Gasteiger partial charge in [0.2, 0.25) is 0 Å². The number of terminal acetylenes is 1. The van der Waals surface area contributed by atoms with Crippen molar-refractivity contribution in [1.29, 1.82) is 0 Å². The summed E-state index contributed by atoms with van der Waals surface area (Å²) in [5.74, 6) is -1.37. The Morgan fingerprint density at radius 3 is 2.67 bits per heavy atom. The van der Waals surface area contributed by atoms with Gasteiger partial charge in [0, 0.05) is 6.07 Å². The van der Waals surface area contributed by atoms with Crippen molar-refractivity contribution in [2.24, 2.45) is 0 Å². The van der Waals surface area contributed by atoms with Crippen LogP contribution in [0.4, 0.5) is 17.6 Å². The van der Waals surface area contributed by atoms with Gasteiger partial charge in [0.1, 0.15) is 30.2 Å². The molecule has 0 aliphatic heterocycles. The first-order valence-corrected chi connectivity index (χ1v) is 6.46. The largest absolute Gasteiger partial charge is 0.543 e. The minimum absolute atomic E-state index is 0.178. The molecule has 24 heavy (non-hydrogen) atoms. The zero-order chi connectivity index (χ0) is 18.1. The molecule has 1 aromatic heterocycles. The fraction of sp³-hybridized carbons (Fsp3) is 0.143. The summed E-state index contributed by atoms with van der Waals surface area (Å²) in [7, 11) is 0. The number of carboxylic acids is 1. The van der Waals surface area contributed by atoms with Crippen LogP contribution < -0.4 is 9.84 Å². The van der Waals surface area contributed by atoms with Crippen LogP contribution in [0.2, 0.25) is 5.02 Å². The zero-order valence-electron chi connectivity index (χ0n) is 11.5. The van der Waals surface area contributed by atoms with E-state index in [4.69, 9.17) is 22.8 Å². The Hall–Kier alpha value is -2.73. The molecule has 2 aromatic rings. The summed E-state index contributed by atoms with van der Waals surface area (Å²) in [4.78, 5) is 13.9. The molecule has 10 heteroatoms. The smallest absolute Gasteiger partial charge is 0.434 e. The van der Waals surface area contributed by atoms with E-state index in [9.17, 15) is 27.5 Å². The number of halogens is 5. The molecule has 0 fully saturated rings. The average Bonchev–Trinajstić information content (AvgIpc) is 2.91. The standard InChI is InChI=1S/C14H7ClF4N2O3/c1-2-3-24-10-5-9(8(16)4-7(10)15)21-6-20-11(13(22)23)12(21)14(17,18)19/h1,4-6H,3H2,(H,22,23)/p-1. The monoisotopic (exact) mass is 361 g/mol. The molecule has 0 N–H and O–H groups in total. The third kappa shape index (κ3) is 3.28. The first-order valence-electron chi connectivity index (χ1n) is 6.08. The van der Waals surface area contributed by atoms with Crippen LogP contribution in [-0.4, -0.2) is 22.1 Å². The van der Waals surface area contributed by atoms with Crippen LogP contribution in [0.15, 0.2) is 18.5 Å². The Labute approximate surface area is 137 Å². The number of aromatic carboxylic acids is 1. The molecule has 0 saturated heterocycles.